The molecular formula is C25H34F6N4O6S. The molecule has 42 heavy (non-hydrogen) atoms. The molecule has 4 aliphatic rings. The number of piperidine rings is 2. The van der Waals surface area contributed by atoms with Gasteiger partial charge in [-0.15, -0.1) is 0 Å². The summed E-state index contributed by atoms with van der Waals surface area (Å²) in [5.41, 5.74) is -1.35. The van der Waals surface area contributed by atoms with Gasteiger partial charge in [-0.3, -0.25) is 19.2 Å². The maximum Gasteiger partial charge on any atom is 0.471 e. The lowest BCUT2D eigenvalue weighted by atomic mass is 9.70. The summed E-state index contributed by atoms with van der Waals surface area (Å²) >= 11 is 0. The molecule has 4 rings (SSSR count). The van der Waals surface area contributed by atoms with Crippen LogP contribution in [0.15, 0.2) is 11.2 Å². The predicted octanol–water partition coefficient (Wildman–Crippen LogP) is 1.96. The second-order valence-corrected chi connectivity index (χ2v) is 14.1. The zero-order valence-electron chi connectivity index (χ0n) is 23.4. The van der Waals surface area contributed by atoms with Gasteiger partial charge in [0, 0.05) is 31.2 Å². The highest BCUT2D eigenvalue weighted by Crippen LogP contribution is 2.49. The number of rotatable bonds is 8. The van der Waals surface area contributed by atoms with Gasteiger partial charge in [0.15, 0.2) is 0 Å². The molecular weight excluding hydrogens is 598 g/mol. The second-order valence-electron chi connectivity index (χ2n) is 12.1. The lowest BCUT2D eigenvalue weighted by Gasteiger charge is -2.55. The summed E-state index contributed by atoms with van der Waals surface area (Å²) in [7, 11) is -4.38. The Bertz CT molecular complexity index is 1250. The average molecular weight is 633 g/mol. The standard InChI is InChI=1S/C25H34F6N4O6S/c1-23(2,3)18(34-22(39)25(29,30)31)21(38)35-14-5-6-15(24(27,28)11-14)17(35)20(37)33-13(10-16(26)42(4,40)41)9-12-7-8-32-19(12)36/h10,12-15,17-18H,5-9,11H2,1-4H3,(H,32,36)(H,33,37)(H,34,39)/b16-10+/t12-,13+,14+,15+,17+,18+/m1/s1. The fraction of sp³-hybridized carbons (Fsp3) is 0.760. The molecule has 0 spiro atoms. The minimum Gasteiger partial charge on any atom is -0.356 e. The van der Waals surface area contributed by atoms with Crippen molar-refractivity contribution in [3.8, 4) is 0 Å². The number of amides is 4. The van der Waals surface area contributed by atoms with Crippen molar-refractivity contribution in [2.75, 3.05) is 12.8 Å². The Balaban J connectivity index is 2.00. The summed E-state index contributed by atoms with van der Waals surface area (Å²) in [6, 6.07) is -6.56. The van der Waals surface area contributed by atoms with Gasteiger partial charge in [-0.05, 0) is 37.2 Å². The fourth-order valence-corrected chi connectivity index (χ4v) is 6.14. The Morgan fingerprint density at radius 2 is 1.74 bits per heavy atom. The normalized spacial score (nSPS) is 27.7. The van der Waals surface area contributed by atoms with Crippen LogP contribution in [0.25, 0.3) is 0 Å². The molecule has 1 saturated carbocycles. The Hall–Kier alpha value is -2.85. The van der Waals surface area contributed by atoms with Crippen LogP contribution in [0.1, 0.15) is 52.9 Å². The molecule has 3 aliphatic heterocycles. The van der Waals surface area contributed by atoms with Crippen LogP contribution in [0.4, 0.5) is 26.3 Å². The molecule has 17 heteroatoms. The van der Waals surface area contributed by atoms with E-state index in [2.05, 4.69) is 10.6 Å². The van der Waals surface area contributed by atoms with Crippen molar-refractivity contribution in [1.29, 1.82) is 0 Å². The third-order valence-corrected chi connectivity index (χ3v) is 8.66. The van der Waals surface area contributed by atoms with Crippen LogP contribution >= 0.6 is 0 Å². The van der Waals surface area contributed by atoms with Gasteiger partial charge in [0.2, 0.25) is 32.7 Å². The van der Waals surface area contributed by atoms with Crippen LogP contribution in [0.3, 0.4) is 0 Å². The number of fused-ring (bicyclic) bond motifs is 3. The van der Waals surface area contributed by atoms with Crippen LogP contribution in [-0.4, -0.2) is 86.0 Å². The van der Waals surface area contributed by atoms with Gasteiger partial charge in [0.1, 0.15) is 12.1 Å². The molecule has 0 aromatic heterocycles. The molecule has 0 radical (unpaired) electrons. The van der Waals surface area contributed by atoms with Gasteiger partial charge in [0.05, 0.1) is 12.0 Å². The molecule has 10 nitrogen and oxygen atoms in total. The lowest BCUT2D eigenvalue weighted by molar-refractivity contribution is -0.197. The Kier molecular flexibility index (Phi) is 9.36. The van der Waals surface area contributed by atoms with Gasteiger partial charge in [0.25, 0.3) is 5.92 Å². The zero-order chi connectivity index (χ0) is 32.0. The molecule has 0 aromatic carbocycles. The largest absolute Gasteiger partial charge is 0.471 e. The van der Waals surface area contributed by atoms with Crippen LogP contribution in [-0.2, 0) is 29.0 Å². The molecule has 6 atom stereocenters. The molecule has 0 aromatic rings. The van der Waals surface area contributed by atoms with E-state index in [1.165, 1.54) is 20.8 Å². The molecule has 2 bridgehead atoms. The van der Waals surface area contributed by atoms with Gasteiger partial charge in [-0.2, -0.15) is 17.6 Å². The quantitative estimate of drug-likeness (QED) is 0.350. The maximum atomic E-state index is 15.1. The SMILES string of the molecule is CC(C)(C)[C@@H](NC(=O)C(F)(F)F)C(=O)N1[C@H]2CC[C@@H]([C@H]1C(=O)N[C@H](/C=C(\F)S(C)(=O)=O)C[C@H]1CCNC1=O)C(F)(F)C2. The van der Waals surface area contributed by atoms with Gasteiger partial charge < -0.3 is 20.9 Å². The number of hydrogen-bond acceptors (Lipinski definition) is 6. The van der Waals surface area contributed by atoms with Crippen molar-refractivity contribution < 1.29 is 53.9 Å². The predicted molar refractivity (Wildman–Crippen MR) is 136 cm³/mol. The first kappa shape index (κ1) is 33.6. The highest BCUT2D eigenvalue weighted by molar-refractivity contribution is 7.94. The summed E-state index contributed by atoms with van der Waals surface area (Å²) in [5.74, 6) is -11.3. The average Bonchev–Trinajstić information content (AvgIpc) is 3.22. The monoisotopic (exact) mass is 632 g/mol. The molecule has 0 unspecified atom stereocenters. The van der Waals surface area contributed by atoms with E-state index in [4.69, 9.17) is 0 Å². The van der Waals surface area contributed by atoms with Crippen LogP contribution in [0.5, 0.6) is 0 Å². The molecule has 4 fully saturated rings. The number of alkyl halides is 5. The molecule has 4 amide bonds. The summed E-state index contributed by atoms with van der Waals surface area (Å²) in [4.78, 5) is 52.0. The topological polar surface area (TPSA) is 142 Å². The number of carbonyl (C=O) groups excluding carboxylic acids is 4. The Labute approximate surface area is 238 Å². The third-order valence-electron chi connectivity index (χ3n) is 7.82. The van der Waals surface area contributed by atoms with Crippen LogP contribution in [0.2, 0.25) is 0 Å². The van der Waals surface area contributed by atoms with Gasteiger partial charge in [-0.25, -0.2) is 17.2 Å². The van der Waals surface area contributed by atoms with Crippen molar-refractivity contribution in [3.63, 3.8) is 0 Å². The van der Waals surface area contributed by atoms with E-state index in [9.17, 15) is 45.2 Å². The summed E-state index contributed by atoms with van der Waals surface area (Å²) in [6.45, 7) is 4.31. The Morgan fingerprint density at radius 3 is 2.21 bits per heavy atom. The number of nitrogens with zero attached hydrogens (tertiary/aromatic N) is 1. The number of halogens is 6. The molecule has 238 valence electrons. The first-order chi connectivity index (χ1) is 19.0. The van der Waals surface area contributed by atoms with Crippen molar-refractivity contribution in [2.45, 2.75) is 89.1 Å². The highest BCUT2D eigenvalue weighted by atomic mass is 32.2. The van der Waals surface area contributed by atoms with E-state index >= 15 is 8.78 Å². The second kappa shape index (κ2) is 11.7. The van der Waals surface area contributed by atoms with Crippen molar-refractivity contribution in [1.82, 2.24) is 20.9 Å². The minimum absolute atomic E-state index is 0.00808. The third kappa shape index (κ3) is 7.37. The first-order valence-electron chi connectivity index (χ1n) is 13.3. The molecule has 3 N–H and O–H groups in total. The highest BCUT2D eigenvalue weighted by Gasteiger charge is 2.61. The van der Waals surface area contributed by atoms with E-state index in [0.29, 0.717) is 12.3 Å². The van der Waals surface area contributed by atoms with Crippen molar-refractivity contribution in [2.24, 2.45) is 17.3 Å². The summed E-state index contributed by atoms with van der Waals surface area (Å²) in [5, 5.41) is 4.81. The first-order valence-corrected chi connectivity index (χ1v) is 15.2. The lowest BCUT2D eigenvalue weighted by Crippen LogP contribution is -2.71. The maximum absolute atomic E-state index is 15.1. The van der Waals surface area contributed by atoms with Crippen molar-refractivity contribution in [3.05, 3.63) is 11.2 Å². The Morgan fingerprint density at radius 1 is 1.12 bits per heavy atom. The minimum atomic E-state index is -5.36. The van der Waals surface area contributed by atoms with E-state index in [0.717, 1.165) is 4.90 Å². The van der Waals surface area contributed by atoms with E-state index in [-0.39, 0.29) is 32.2 Å². The van der Waals surface area contributed by atoms with Gasteiger partial charge in [-0.1, -0.05) is 20.8 Å². The zero-order valence-corrected chi connectivity index (χ0v) is 24.2. The van der Waals surface area contributed by atoms with E-state index in [1.54, 1.807) is 5.32 Å². The van der Waals surface area contributed by atoms with E-state index in [1.807, 2.05) is 0 Å². The van der Waals surface area contributed by atoms with Gasteiger partial charge >= 0.3 is 12.1 Å². The fourth-order valence-electron chi connectivity index (χ4n) is 5.73. The number of sulfone groups is 1. The smallest absolute Gasteiger partial charge is 0.356 e. The van der Waals surface area contributed by atoms with Crippen LogP contribution in [0, 0.1) is 17.3 Å². The molecule has 3 heterocycles. The van der Waals surface area contributed by atoms with E-state index < -0.39 is 98.6 Å². The molecule has 1 aliphatic carbocycles. The molecule has 3 saturated heterocycles. The number of carbonyl (C=O) groups is 4. The number of nitrogens with one attached hydrogen (secondary N) is 3. The number of hydrogen-bond donors (Lipinski definition) is 3. The summed E-state index contributed by atoms with van der Waals surface area (Å²) < 4.78 is 107. The van der Waals surface area contributed by atoms with Crippen molar-refractivity contribution >= 4 is 33.5 Å². The summed E-state index contributed by atoms with van der Waals surface area (Å²) in [6.07, 6.45) is -5.38. The van der Waals surface area contributed by atoms with Crippen LogP contribution < -0.4 is 16.0 Å².